The zero-order chi connectivity index (χ0) is 15.8. The number of benzene rings is 1. The minimum Gasteiger partial charge on any atom is -0.409 e. The molecule has 0 aliphatic carbocycles. The minimum atomic E-state index is -0.389. The van der Waals surface area contributed by atoms with Crippen LogP contribution >= 0.6 is 15.9 Å². The van der Waals surface area contributed by atoms with Crippen molar-refractivity contribution < 1.29 is 9.60 Å². The van der Waals surface area contributed by atoms with E-state index in [9.17, 15) is 4.39 Å². The van der Waals surface area contributed by atoms with Gasteiger partial charge in [-0.2, -0.15) is 0 Å². The summed E-state index contributed by atoms with van der Waals surface area (Å²) in [5.41, 5.74) is 6.38. The molecule has 1 aromatic carbocycles. The molecule has 0 amide bonds. The summed E-state index contributed by atoms with van der Waals surface area (Å²) in [7, 11) is 2.07. The van der Waals surface area contributed by atoms with E-state index in [1.165, 1.54) is 0 Å². The Morgan fingerprint density at radius 3 is 2.67 bits per heavy atom. The summed E-state index contributed by atoms with van der Waals surface area (Å²) in [5, 5.41) is 11.6. The molecule has 0 bridgehead atoms. The van der Waals surface area contributed by atoms with Gasteiger partial charge in [0.1, 0.15) is 0 Å². The molecular weight excluding hydrogens is 339 g/mol. The van der Waals surface area contributed by atoms with Crippen LogP contribution in [-0.2, 0) is 0 Å². The van der Waals surface area contributed by atoms with Crippen molar-refractivity contribution in [2.24, 2.45) is 10.9 Å². The number of nitrogens with zero attached hydrogens (tertiary/aromatic N) is 3. The topological polar surface area (TPSA) is 65.1 Å². The van der Waals surface area contributed by atoms with Crippen molar-refractivity contribution in [1.82, 2.24) is 4.90 Å². The van der Waals surface area contributed by atoms with E-state index in [1.807, 2.05) is 4.90 Å². The van der Waals surface area contributed by atoms with Gasteiger partial charge in [-0.25, -0.2) is 4.39 Å². The average molecular weight is 359 g/mol. The molecule has 7 heteroatoms. The fourth-order valence-corrected chi connectivity index (χ4v) is 3.02. The van der Waals surface area contributed by atoms with Crippen molar-refractivity contribution in [3.63, 3.8) is 0 Å². The molecule has 1 aliphatic rings. The van der Waals surface area contributed by atoms with Gasteiger partial charge >= 0.3 is 0 Å². The summed E-state index contributed by atoms with van der Waals surface area (Å²) in [6.45, 7) is 6.63. The number of piperazine rings is 1. The van der Waals surface area contributed by atoms with Crippen LogP contribution in [0.4, 0.5) is 10.1 Å². The first-order valence-corrected chi connectivity index (χ1v) is 7.49. The second kappa shape index (κ2) is 5.81. The predicted molar refractivity (Wildman–Crippen MR) is 85.5 cm³/mol. The van der Waals surface area contributed by atoms with Gasteiger partial charge in [-0.15, -0.1) is 0 Å². The monoisotopic (exact) mass is 358 g/mol. The minimum absolute atomic E-state index is 0.0264. The Labute approximate surface area is 132 Å². The molecule has 3 N–H and O–H groups in total. The zero-order valence-corrected chi connectivity index (χ0v) is 14.0. The lowest BCUT2D eigenvalue weighted by Crippen LogP contribution is -2.57. The van der Waals surface area contributed by atoms with Gasteiger partial charge in [-0.05, 0) is 49.0 Å². The number of amidine groups is 1. The summed E-state index contributed by atoms with van der Waals surface area (Å²) in [4.78, 5) is 4.29. The maximum absolute atomic E-state index is 14.6. The molecule has 0 spiro atoms. The van der Waals surface area contributed by atoms with Crippen molar-refractivity contribution in [1.29, 1.82) is 0 Å². The lowest BCUT2D eigenvalue weighted by atomic mass is 9.99. The molecule has 1 aliphatic heterocycles. The third-order valence-electron chi connectivity index (χ3n) is 4.10. The Bertz CT molecular complexity index is 576. The van der Waals surface area contributed by atoms with Crippen molar-refractivity contribution >= 4 is 27.5 Å². The van der Waals surface area contributed by atoms with Gasteiger partial charge in [0.2, 0.25) is 0 Å². The van der Waals surface area contributed by atoms with Crippen molar-refractivity contribution in [2.45, 2.75) is 19.4 Å². The highest BCUT2D eigenvalue weighted by atomic mass is 79.9. The van der Waals surface area contributed by atoms with E-state index in [0.29, 0.717) is 11.3 Å². The molecule has 21 heavy (non-hydrogen) atoms. The summed E-state index contributed by atoms with van der Waals surface area (Å²) in [5.74, 6) is -0.509. The highest BCUT2D eigenvalue weighted by Crippen LogP contribution is 2.32. The van der Waals surface area contributed by atoms with Crippen LogP contribution in [0.3, 0.4) is 0 Å². The van der Waals surface area contributed by atoms with Gasteiger partial charge in [0.05, 0.1) is 10.2 Å². The normalized spacial score (nSPS) is 19.9. The summed E-state index contributed by atoms with van der Waals surface area (Å²) < 4.78 is 14.8. The maximum Gasteiger partial charge on any atom is 0.171 e. The molecule has 0 saturated carbocycles. The first-order valence-electron chi connectivity index (χ1n) is 6.70. The number of halogens is 2. The molecule has 0 unspecified atom stereocenters. The molecule has 0 aromatic heterocycles. The Morgan fingerprint density at radius 2 is 2.10 bits per heavy atom. The standard InChI is InChI=1S/C14H20BrFN4O/c1-14(2)8-20(7-6-19(14)3)10-5-4-9(13(17)18-21)11(15)12(10)16/h4-5,21H,6-8H2,1-3H3,(H2,17,18). The molecule has 1 aromatic rings. The van der Waals surface area contributed by atoms with Crippen molar-refractivity contribution in [2.75, 3.05) is 31.6 Å². The van der Waals surface area contributed by atoms with E-state index in [2.05, 4.69) is 46.9 Å². The van der Waals surface area contributed by atoms with Crippen LogP contribution in [0.25, 0.3) is 0 Å². The SMILES string of the molecule is CN1CCN(c2ccc(/C(N)=N/O)c(Br)c2F)CC1(C)C. The second-order valence-electron chi connectivity index (χ2n) is 5.90. The van der Waals surface area contributed by atoms with Crippen LogP contribution in [-0.4, -0.2) is 48.2 Å². The maximum atomic E-state index is 14.6. The van der Waals surface area contributed by atoms with Gasteiger partial charge in [-0.3, -0.25) is 4.90 Å². The zero-order valence-electron chi connectivity index (χ0n) is 12.4. The Balaban J connectivity index is 2.36. The van der Waals surface area contributed by atoms with Gasteiger partial charge in [0.15, 0.2) is 11.7 Å². The highest BCUT2D eigenvalue weighted by Gasteiger charge is 2.32. The summed E-state index contributed by atoms with van der Waals surface area (Å²) >= 11 is 3.20. The number of nitrogens with two attached hydrogens (primary N) is 1. The number of hydrogen-bond donors (Lipinski definition) is 2. The van der Waals surface area contributed by atoms with E-state index in [-0.39, 0.29) is 21.7 Å². The van der Waals surface area contributed by atoms with E-state index in [1.54, 1.807) is 12.1 Å². The quantitative estimate of drug-likeness (QED) is 0.368. The van der Waals surface area contributed by atoms with E-state index >= 15 is 0 Å². The van der Waals surface area contributed by atoms with Crippen LogP contribution in [0.1, 0.15) is 19.4 Å². The smallest absolute Gasteiger partial charge is 0.171 e. The third kappa shape index (κ3) is 2.98. The lowest BCUT2D eigenvalue weighted by molar-refractivity contribution is 0.138. The fourth-order valence-electron chi connectivity index (χ4n) is 2.48. The van der Waals surface area contributed by atoms with Crippen LogP contribution in [0.2, 0.25) is 0 Å². The van der Waals surface area contributed by atoms with Gasteiger partial charge in [0, 0.05) is 30.7 Å². The molecule has 1 heterocycles. The molecule has 1 saturated heterocycles. The highest BCUT2D eigenvalue weighted by molar-refractivity contribution is 9.10. The lowest BCUT2D eigenvalue weighted by Gasteiger charge is -2.46. The van der Waals surface area contributed by atoms with Crippen LogP contribution in [0, 0.1) is 5.82 Å². The van der Waals surface area contributed by atoms with Crippen LogP contribution in [0.5, 0.6) is 0 Å². The molecule has 0 atom stereocenters. The Kier molecular flexibility index (Phi) is 4.43. The summed E-state index contributed by atoms with van der Waals surface area (Å²) in [6.07, 6.45) is 0. The Hall–Kier alpha value is -1.34. The van der Waals surface area contributed by atoms with Crippen molar-refractivity contribution in [3.05, 3.63) is 28.0 Å². The van der Waals surface area contributed by atoms with Gasteiger partial charge in [0.25, 0.3) is 0 Å². The molecule has 1 fully saturated rings. The van der Waals surface area contributed by atoms with Gasteiger partial charge < -0.3 is 15.8 Å². The number of hydrogen-bond acceptors (Lipinski definition) is 4. The molecule has 5 nitrogen and oxygen atoms in total. The van der Waals surface area contributed by atoms with E-state index < -0.39 is 0 Å². The predicted octanol–water partition coefficient (Wildman–Crippen LogP) is 2.21. The number of rotatable bonds is 2. The van der Waals surface area contributed by atoms with Crippen LogP contribution in [0.15, 0.2) is 21.8 Å². The fraction of sp³-hybridized carbons (Fsp3) is 0.500. The van der Waals surface area contributed by atoms with Crippen molar-refractivity contribution in [3.8, 4) is 0 Å². The summed E-state index contributed by atoms with van der Waals surface area (Å²) in [6, 6.07) is 3.33. The second-order valence-corrected chi connectivity index (χ2v) is 6.69. The molecule has 116 valence electrons. The first-order chi connectivity index (χ1) is 9.77. The first kappa shape index (κ1) is 16.0. The van der Waals surface area contributed by atoms with E-state index in [4.69, 9.17) is 10.9 Å². The Morgan fingerprint density at radius 1 is 1.43 bits per heavy atom. The number of likely N-dealkylation sites (N-methyl/N-ethyl adjacent to an activating group) is 1. The average Bonchev–Trinajstić information content (AvgIpc) is 2.44. The number of oxime groups is 1. The third-order valence-corrected chi connectivity index (χ3v) is 4.88. The molecule has 0 radical (unpaired) electrons. The van der Waals surface area contributed by atoms with Gasteiger partial charge in [-0.1, -0.05) is 5.16 Å². The van der Waals surface area contributed by atoms with Crippen LogP contribution < -0.4 is 10.6 Å². The van der Waals surface area contributed by atoms with E-state index in [0.717, 1.165) is 19.6 Å². The molecule has 2 rings (SSSR count). The molecular formula is C14H20BrFN4O. The largest absolute Gasteiger partial charge is 0.409 e. The number of anilines is 1.